The maximum Gasteiger partial charge on any atom is 0.419 e. The van der Waals surface area contributed by atoms with Gasteiger partial charge in [0.2, 0.25) is 0 Å². The summed E-state index contributed by atoms with van der Waals surface area (Å²) in [6, 6.07) is 8.70. The fourth-order valence-electron chi connectivity index (χ4n) is 3.40. The van der Waals surface area contributed by atoms with Crippen molar-refractivity contribution < 1.29 is 22.3 Å². The van der Waals surface area contributed by atoms with E-state index in [0.717, 1.165) is 6.92 Å². The Morgan fingerprint density at radius 2 is 1.86 bits per heavy atom. The number of nitrogens with zero attached hydrogens (tertiary/aromatic N) is 1. The third kappa shape index (κ3) is 3.07. The number of aromatic nitrogens is 1. The van der Waals surface area contributed by atoms with E-state index in [1.807, 2.05) is 0 Å². The predicted molar refractivity (Wildman–Crippen MR) is 101 cm³/mol. The summed E-state index contributed by atoms with van der Waals surface area (Å²) in [7, 11) is 2.89. The minimum Gasteiger partial charge on any atom is -0.497 e. The Hall–Kier alpha value is -2.41. The zero-order valence-electron chi connectivity index (χ0n) is 15.7. The highest BCUT2D eigenvalue weighted by Crippen LogP contribution is 2.52. The van der Waals surface area contributed by atoms with Crippen LogP contribution in [0.3, 0.4) is 0 Å². The minimum absolute atomic E-state index is 0.00952. The van der Waals surface area contributed by atoms with Crippen LogP contribution >= 0.6 is 11.6 Å². The molecule has 0 saturated heterocycles. The fraction of sp³-hybridized carbons (Fsp3) is 0.350. The van der Waals surface area contributed by atoms with Crippen LogP contribution in [-0.4, -0.2) is 17.9 Å². The molecule has 150 valence electrons. The van der Waals surface area contributed by atoms with Gasteiger partial charge in [-0.1, -0.05) is 24.6 Å². The van der Waals surface area contributed by atoms with Crippen LogP contribution in [-0.2, 0) is 12.5 Å². The first-order chi connectivity index (χ1) is 13.0. The number of methoxy groups -OCH3 is 1. The normalized spacial score (nSPS) is 15.4. The van der Waals surface area contributed by atoms with Crippen molar-refractivity contribution in [2.24, 2.45) is 7.05 Å². The van der Waals surface area contributed by atoms with Gasteiger partial charge in [-0.05, 0) is 48.4 Å². The van der Waals surface area contributed by atoms with Crippen LogP contribution in [0.15, 0.2) is 45.6 Å². The SMILES string of the molecule is COc1ccc(Cl)c([C@@H](C)[C@@](C)(c2ccc3oc(=O)n(C)c3c2)C(F)(F)F)c1. The van der Waals surface area contributed by atoms with Gasteiger partial charge < -0.3 is 9.15 Å². The Kier molecular flexibility index (Phi) is 5.00. The van der Waals surface area contributed by atoms with Crippen molar-refractivity contribution in [1.82, 2.24) is 4.57 Å². The van der Waals surface area contributed by atoms with Crippen molar-refractivity contribution in [3.05, 3.63) is 63.1 Å². The first kappa shape index (κ1) is 20.3. The van der Waals surface area contributed by atoms with Gasteiger partial charge in [0, 0.05) is 18.0 Å². The summed E-state index contributed by atoms with van der Waals surface area (Å²) < 4.78 is 54.5. The molecule has 1 heterocycles. The van der Waals surface area contributed by atoms with Crippen molar-refractivity contribution in [1.29, 1.82) is 0 Å². The highest BCUT2D eigenvalue weighted by Gasteiger charge is 2.56. The molecule has 8 heteroatoms. The van der Waals surface area contributed by atoms with Gasteiger partial charge >= 0.3 is 11.9 Å². The molecule has 0 aliphatic carbocycles. The number of rotatable bonds is 4. The molecule has 2 aromatic carbocycles. The fourth-order valence-corrected chi connectivity index (χ4v) is 3.68. The van der Waals surface area contributed by atoms with Crippen LogP contribution in [0.5, 0.6) is 5.75 Å². The lowest BCUT2D eigenvalue weighted by atomic mass is 9.69. The maximum atomic E-state index is 14.4. The van der Waals surface area contributed by atoms with E-state index < -0.39 is 23.3 Å². The van der Waals surface area contributed by atoms with Gasteiger partial charge in [-0.25, -0.2) is 4.79 Å². The highest BCUT2D eigenvalue weighted by molar-refractivity contribution is 6.31. The molecule has 0 fully saturated rings. The molecule has 1 aromatic heterocycles. The summed E-state index contributed by atoms with van der Waals surface area (Å²) in [4.78, 5) is 11.7. The summed E-state index contributed by atoms with van der Waals surface area (Å²) in [5, 5.41) is 0.223. The Morgan fingerprint density at radius 1 is 1.18 bits per heavy atom. The number of hydrogen-bond donors (Lipinski definition) is 0. The molecule has 0 amide bonds. The van der Waals surface area contributed by atoms with Crippen LogP contribution < -0.4 is 10.5 Å². The molecule has 0 unspecified atom stereocenters. The number of aryl methyl sites for hydroxylation is 1. The number of oxazole rings is 1. The second-order valence-corrected chi connectivity index (χ2v) is 7.33. The molecule has 3 aromatic rings. The molecular weight excluding hydrogens is 395 g/mol. The molecule has 0 aliphatic heterocycles. The van der Waals surface area contributed by atoms with Crippen molar-refractivity contribution in [3.8, 4) is 5.75 Å². The number of ether oxygens (including phenoxy) is 1. The average Bonchev–Trinajstić information content (AvgIpc) is 2.93. The average molecular weight is 414 g/mol. The number of benzene rings is 2. The largest absolute Gasteiger partial charge is 0.497 e. The quantitative estimate of drug-likeness (QED) is 0.574. The zero-order chi connectivity index (χ0) is 20.9. The van der Waals surface area contributed by atoms with E-state index in [4.69, 9.17) is 20.8 Å². The molecule has 3 rings (SSSR count). The van der Waals surface area contributed by atoms with Crippen molar-refractivity contribution in [2.75, 3.05) is 7.11 Å². The van der Waals surface area contributed by atoms with E-state index in [1.54, 1.807) is 6.07 Å². The van der Waals surface area contributed by atoms with Gasteiger partial charge in [0.15, 0.2) is 5.58 Å². The standard InChI is InChI=1S/C20H19ClF3NO3/c1-11(14-10-13(27-4)6-7-15(14)21)19(2,20(22,23)24)12-5-8-17-16(9-12)25(3)18(26)28-17/h5-11H,1-4H3/t11-,19+/m1/s1. The summed E-state index contributed by atoms with van der Waals surface area (Å²) >= 11 is 6.23. The van der Waals surface area contributed by atoms with Crippen LogP contribution in [0.2, 0.25) is 5.02 Å². The molecule has 0 aliphatic rings. The smallest absolute Gasteiger partial charge is 0.419 e. The summed E-state index contributed by atoms with van der Waals surface area (Å²) in [6.07, 6.45) is -4.59. The number of hydrogen-bond acceptors (Lipinski definition) is 3. The predicted octanol–water partition coefficient (Wildman–Crippen LogP) is 5.42. The molecule has 4 nitrogen and oxygen atoms in total. The van der Waals surface area contributed by atoms with Crippen LogP contribution in [0.4, 0.5) is 13.2 Å². The summed E-state index contributed by atoms with van der Waals surface area (Å²) in [6.45, 7) is 2.61. The maximum absolute atomic E-state index is 14.4. The molecule has 0 radical (unpaired) electrons. The molecule has 0 spiro atoms. The molecular formula is C20H19ClF3NO3. The first-order valence-corrected chi connectivity index (χ1v) is 8.88. The third-order valence-electron chi connectivity index (χ3n) is 5.52. The Balaban J connectivity index is 2.24. The Bertz CT molecular complexity index is 1090. The van der Waals surface area contributed by atoms with E-state index in [9.17, 15) is 18.0 Å². The zero-order valence-corrected chi connectivity index (χ0v) is 16.5. The second-order valence-electron chi connectivity index (χ2n) is 6.92. The number of halogens is 4. The van der Waals surface area contributed by atoms with E-state index in [0.29, 0.717) is 16.8 Å². The van der Waals surface area contributed by atoms with E-state index in [1.165, 1.54) is 56.0 Å². The lowest BCUT2D eigenvalue weighted by Gasteiger charge is -2.38. The minimum atomic E-state index is -4.59. The van der Waals surface area contributed by atoms with Crippen LogP contribution in [0.25, 0.3) is 11.1 Å². The Labute approximate surface area is 164 Å². The van der Waals surface area contributed by atoms with Crippen LogP contribution in [0.1, 0.15) is 30.9 Å². The molecule has 2 atom stereocenters. The lowest BCUT2D eigenvalue weighted by Crippen LogP contribution is -2.44. The van der Waals surface area contributed by atoms with Gasteiger partial charge in [0.05, 0.1) is 18.0 Å². The van der Waals surface area contributed by atoms with Gasteiger partial charge in [-0.15, -0.1) is 0 Å². The van der Waals surface area contributed by atoms with E-state index in [2.05, 4.69) is 0 Å². The second kappa shape index (κ2) is 6.88. The topological polar surface area (TPSA) is 44.4 Å². The van der Waals surface area contributed by atoms with E-state index in [-0.39, 0.29) is 16.2 Å². The molecule has 0 N–H and O–H groups in total. The van der Waals surface area contributed by atoms with Crippen molar-refractivity contribution >= 4 is 22.7 Å². The summed E-state index contributed by atoms with van der Waals surface area (Å²) in [5.41, 5.74) is -1.42. The van der Waals surface area contributed by atoms with Crippen LogP contribution in [0, 0.1) is 0 Å². The molecule has 28 heavy (non-hydrogen) atoms. The first-order valence-electron chi connectivity index (χ1n) is 8.51. The number of fused-ring (bicyclic) bond motifs is 1. The van der Waals surface area contributed by atoms with Crippen molar-refractivity contribution in [2.45, 2.75) is 31.4 Å². The Morgan fingerprint density at radius 3 is 2.46 bits per heavy atom. The van der Waals surface area contributed by atoms with Gasteiger partial charge in [0.1, 0.15) is 5.75 Å². The molecule has 0 saturated carbocycles. The third-order valence-corrected chi connectivity index (χ3v) is 5.86. The number of alkyl halides is 3. The van der Waals surface area contributed by atoms with Crippen molar-refractivity contribution in [3.63, 3.8) is 0 Å². The van der Waals surface area contributed by atoms with Gasteiger partial charge in [-0.2, -0.15) is 13.2 Å². The van der Waals surface area contributed by atoms with Gasteiger partial charge in [0.25, 0.3) is 0 Å². The van der Waals surface area contributed by atoms with E-state index >= 15 is 0 Å². The highest BCUT2D eigenvalue weighted by atomic mass is 35.5. The van der Waals surface area contributed by atoms with Gasteiger partial charge in [-0.3, -0.25) is 4.57 Å². The lowest BCUT2D eigenvalue weighted by molar-refractivity contribution is -0.191. The monoisotopic (exact) mass is 413 g/mol. The molecule has 0 bridgehead atoms. The summed E-state index contributed by atoms with van der Waals surface area (Å²) in [5.74, 6) is -1.25.